The van der Waals surface area contributed by atoms with Crippen LogP contribution in [0.15, 0.2) is 84.0 Å². The maximum Gasteiger partial charge on any atom is 0.272 e. The normalized spacial score (nSPS) is 10.2. The topological polar surface area (TPSA) is 45.2 Å². The van der Waals surface area contributed by atoms with Crippen LogP contribution in [0.3, 0.4) is 0 Å². The van der Waals surface area contributed by atoms with Crippen LogP contribution in [-0.4, -0.2) is 17.1 Å². The van der Waals surface area contributed by atoms with Gasteiger partial charge in [0.1, 0.15) is 5.03 Å². The summed E-state index contributed by atoms with van der Waals surface area (Å²) in [5.41, 5.74) is 5.30. The summed E-state index contributed by atoms with van der Waals surface area (Å²) in [6, 6.07) is 23.0. The van der Waals surface area contributed by atoms with Crippen molar-refractivity contribution in [3.05, 3.63) is 84.6 Å². The second-order valence-electron chi connectivity index (χ2n) is 5.01. The average molecular weight is 335 g/mol. The number of rotatable bonds is 5. The van der Waals surface area contributed by atoms with Crippen LogP contribution in [0.4, 0.5) is 11.4 Å². The zero-order valence-electron chi connectivity index (χ0n) is 13.2. The molecule has 0 aliphatic rings. The number of pyridine rings is 1. The molecule has 2 aromatic carbocycles. The molecule has 120 valence electrons. The summed E-state index contributed by atoms with van der Waals surface area (Å²) < 4.78 is 0. The van der Waals surface area contributed by atoms with Crippen LogP contribution in [0.25, 0.3) is 0 Å². The van der Waals surface area contributed by atoms with Crippen molar-refractivity contribution in [1.82, 2.24) is 10.4 Å². The molecule has 0 saturated carbocycles. The number of hydrogen-bond donors (Lipinski definition) is 1. The molecule has 0 radical (unpaired) electrons. The van der Waals surface area contributed by atoms with Crippen molar-refractivity contribution in [2.75, 3.05) is 11.3 Å². The Labute approximate surface area is 145 Å². The maximum atomic E-state index is 12.8. The molecular weight excluding hydrogens is 318 g/mol. The minimum absolute atomic E-state index is 0.194. The molecule has 0 aliphatic heterocycles. The first-order valence-corrected chi connectivity index (χ1v) is 8.72. The van der Waals surface area contributed by atoms with E-state index in [9.17, 15) is 4.79 Å². The molecule has 1 N–H and O–H groups in total. The Morgan fingerprint density at radius 3 is 2.04 bits per heavy atom. The van der Waals surface area contributed by atoms with E-state index in [1.54, 1.807) is 23.3 Å². The zero-order valence-corrected chi connectivity index (χ0v) is 14.0. The lowest BCUT2D eigenvalue weighted by molar-refractivity contribution is 0.0950. The fraction of sp³-hybridized carbons (Fsp3) is 0.0526. The van der Waals surface area contributed by atoms with Crippen LogP contribution >= 0.6 is 11.8 Å². The minimum atomic E-state index is -0.194. The van der Waals surface area contributed by atoms with Crippen molar-refractivity contribution in [2.45, 2.75) is 5.03 Å². The number of nitrogens with zero attached hydrogens (tertiary/aromatic N) is 2. The lowest BCUT2D eigenvalue weighted by Crippen LogP contribution is -2.39. The summed E-state index contributed by atoms with van der Waals surface area (Å²) in [5, 5.41) is 2.48. The van der Waals surface area contributed by atoms with E-state index in [4.69, 9.17) is 0 Å². The molecule has 24 heavy (non-hydrogen) atoms. The predicted octanol–water partition coefficient (Wildman–Crippen LogP) is 4.29. The minimum Gasteiger partial charge on any atom is -0.267 e. The number of amides is 1. The Morgan fingerprint density at radius 1 is 0.917 bits per heavy atom. The quantitative estimate of drug-likeness (QED) is 0.558. The van der Waals surface area contributed by atoms with Gasteiger partial charge in [-0.1, -0.05) is 36.4 Å². The second-order valence-corrected chi connectivity index (χ2v) is 5.80. The Hall–Kier alpha value is -2.79. The Bertz CT molecular complexity index is 770. The molecule has 1 heterocycles. The molecule has 1 aromatic heterocycles. The average Bonchev–Trinajstić information content (AvgIpc) is 2.67. The van der Waals surface area contributed by atoms with Gasteiger partial charge < -0.3 is 0 Å². The number of benzene rings is 2. The molecule has 5 heteroatoms. The predicted molar refractivity (Wildman–Crippen MR) is 98.5 cm³/mol. The highest BCUT2D eigenvalue weighted by Gasteiger charge is 2.16. The summed E-state index contributed by atoms with van der Waals surface area (Å²) in [7, 11) is 0. The fourth-order valence-electron chi connectivity index (χ4n) is 2.32. The second kappa shape index (κ2) is 7.66. The van der Waals surface area contributed by atoms with Crippen LogP contribution in [-0.2, 0) is 0 Å². The Morgan fingerprint density at radius 2 is 1.50 bits per heavy atom. The van der Waals surface area contributed by atoms with E-state index in [2.05, 4.69) is 10.4 Å². The first-order valence-electron chi connectivity index (χ1n) is 7.50. The smallest absolute Gasteiger partial charge is 0.267 e. The van der Waals surface area contributed by atoms with Crippen LogP contribution < -0.4 is 10.4 Å². The summed E-state index contributed by atoms with van der Waals surface area (Å²) in [6.45, 7) is 0. The largest absolute Gasteiger partial charge is 0.272 e. The molecule has 0 aliphatic carbocycles. The molecule has 0 atom stereocenters. The van der Waals surface area contributed by atoms with Gasteiger partial charge >= 0.3 is 0 Å². The van der Waals surface area contributed by atoms with E-state index < -0.39 is 0 Å². The van der Waals surface area contributed by atoms with Gasteiger partial charge in [0.15, 0.2) is 0 Å². The maximum absolute atomic E-state index is 12.8. The van der Waals surface area contributed by atoms with E-state index in [1.807, 2.05) is 66.9 Å². The van der Waals surface area contributed by atoms with E-state index in [-0.39, 0.29) is 5.91 Å². The molecule has 3 aromatic rings. The van der Waals surface area contributed by atoms with E-state index in [0.29, 0.717) is 10.6 Å². The number of hydrazine groups is 1. The van der Waals surface area contributed by atoms with Gasteiger partial charge in [-0.25, -0.2) is 4.98 Å². The summed E-state index contributed by atoms with van der Waals surface area (Å²) in [6.07, 6.45) is 3.60. The molecule has 0 unspecified atom stereocenters. The number of hydrogen-bond acceptors (Lipinski definition) is 4. The number of carbonyl (C=O) groups excluding carboxylic acids is 1. The number of para-hydroxylation sites is 2. The lowest BCUT2D eigenvalue weighted by atomic mass is 10.2. The fourth-order valence-corrected chi connectivity index (χ4v) is 2.87. The molecule has 0 fully saturated rings. The first kappa shape index (κ1) is 16.1. The third-order valence-electron chi connectivity index (χ3n) is 3.45. The van der Waals surface area contributed by atoms with Crippen molar-refractivity contribution in [3.63, 3.8) is 0 Å². The van der Waals surface area contributed by atoms with Gasteiger partial charge in [0, 0.05) is 6.20 Å². The molecule has 0 bridgehead atoms. The molecule has 0 spiro atoms. The summed E-state index contributed by atoms with van der Waals surface area (Å²) in [5.74, 6) is -0.194. The third-order valence-corrected chi connectivity index (χ3v) is 4.16. The van der Waals surface area contributed by atoms with Crippen LogP contribution in [0.5, 0.6) is 0 Å². The van der Waals surface area contributed by atoms with E-state index in [0.717, 1.165) is 11.4 Å². The third kappa shape index (κ3) is 3.58. The molecular formula is C19H17N3OS. The highest BCUT2D eigenvalue weighted by atomic mass is 32.2. The van der Waals surface area contributed by atoms with Crippen LogP contribution in [0.2, 0.25) is 0 Å². The highest BCUT2D eigenvalue weighted by Crippen LogP contribution is 2.24. The lowest BCUT2D eigenvalue weighted by Gasteiger charge is -2.25. The number of aromatic nitrogens is 1. The van der Waals surface area contributed by atoms with Gasteiger partial charge in [0.05, 0.1) is 16.9 Å². The number of carbonyl (C=O) groups is 1. The van der Waals surface area contributed by atoms with Crippen molar-refractivity contribution in [2.24, 2.45) is 0 Å². The van der Waals surface area contributed by atoms with Crippen LogP contribution in [0, 0.1) is 0 Å². The number of nitrogens with one attached hydrogen (secondary N) is 1. The van der Waals surface area contributed by atoms with Gasteiger partial charge in [-0.05, 0) is 42.7 Å². The monoisotopic (exact) mass is 335 g/mol. The van der Waals surface area contributed by atoms with Crippen molar-refractivity contribution >= 4 is 29.0 Å². The molecule has 1 amide bonds. The van der Waals surface area contributed by atoms with E-state index in [1.165, 1.54) is 11.8 Å². The van der Waals surface area contributed by atoms with Crippen molar-refractivity contribution < 1.29 is 4.79 Å². The highest BCUT2D eigenvalue weighted by molar-refractivity contribution is 7.98. The van der Waals surface area contributed by atoms with Gasteiger partial charge in [-0.15, -0.1) is 11.8 Å². The summed E-state index contributed by atoms with van der Waals surface area (Å²) >= 11 is 1.45. The summed E-state index contributed by atoms with van der Waals surface area (Å²) in [4.78, 5) is 17.0. The number of anilines is 2. The Kier molecular flexibility index (Phi) is 5.13. The van der Waals surface area contributed by atoms with E-state index >= 15 is 0 Å². The first-order chi connectivity index (χ1) is 11.8. The van der Waals surface area contributed by atoms with Crippen molar-refractivity contribution in [1.29, 1.82) is 0 Å². The van der Waals surface area contributed by atoms with Gasteiger partial charge in [0.25, 0.3) is 5.91 Å². The van der Waals surface area contributed by atoms with Gasteiger partial charge in [-0.2, -0.15) is 0 Å². The van der Waals surface area contributed by atoms with Gasteiger partial charge in [-0.3, -0.25) is 15.2 Å². The number of thioether (sulfide) groups is 1. The van der Waals surface area contributed by atoms with Crippen molar-refractivity contribution in [3.8, 4) is 0 Å². The molecule has 0 saturated heterocycles. The SMILES string of the molecule is CSc1ncccc1C(=O)NN(c1ccccc1)c1ccccc1. The standard InChI is InChI=1S/C19H17N3OS/c1-24-19-17(13-8-14-20-19)18(23)21-22(15-9-4-2-5-10-15)16-11-6-3-7-12-16/h2-14H,1H3,(H,21,23). The van der Waals surface area contributed by atoms with Crippen LogP contribution in [0.1, 0.15) is 10.4 Å². The zero-order chi connectivity index (χ0) is 16.8. The molecule has 4 nitrogen and oxygen atoms in total. The van der Waals surface area contributed by atoms with Gasteiger partial charge in [0.2, 0.25) is 0 Å². The molecule has 3 rings (SSSR count). The Balaban J connectivity index is 1.94.